The van der Waals surface area contributed by atoms with Crippen molar-refractivity contribution in [2.45, 2.75) is 12.8 Å². The van der Waals surface area contributed by atoms with Crippen molar-refractivity contribution >= 4 is 40.0 Å². The number of aromatic nitrogens is 2. The normalized spacial score (nSPS) is 13.8. The summed E-state index contributed by atoms with van der Waals surface area (Å²) in [4.78, 5) is 14.4. The third kappa shape index (κ3) is 4.56. The molecule has 1 amide bonds. The summed E-state index contributed by atoms with van der Waals surface area (Å²) in [6, 6.07) is 9.54. The van der Waals surface area contributed by atoms with Crippen LogP contribution in [0.5, 0.6) is 0 Å². The first-order chi connectivity index (χ1) is 11.7. The smallest absolute Gasteiger partial charge is 0.251 e. The Kier molecular flexibility index (Phi) is 5.84. The second-order valence-corrected chi connectivity index (χ2v) is 6.93. The summed E-state index contributed by atoms with van der Waals surface area (Å²) in [5, 5.41) is 14.3. The van der Waals surface area contributed by atoms with E-state index in [1.807, 2.05) is 30.3 Å². The number of benzene rings is 1. The minimum atomic E-state index is -0.0628. The summed E-state index contributed by atoms with van der Waals surface area (Å²) in [7, 11) is 0. The fraction of sp³-hybridized carbons (Fsp3) is 0.353. The van der Waals surface area contributed by atoms with Gasteiger partial charge in [-0.1, -0.05) is 6.07 Å². The molecule has 0 aliphatic carbocycles. The molecule has 2 aromatic rings. The van der Waals surface area contributed by atoms with Crippen molar-refractivity contribution in [1.82, 2.24) is 15.5 Å². The molecule has 0 bridgehead atoms. The van der Waals surface area contributed by atoms with Crippen LogP contribution in [0.15, 0.2) is 36.5 Å². The fourth-order valence-electron chi connectivity index (χ4n) is 2.69. The average Bonchev–Trinajstić information content (AvgIpc) is 3.13. The van der Waals surface area contributed by atoms with Crippen LogP contribution in [-0.4, -0.2) is 42.3 Å². The van der Waals surface area contributed by atoms with Crippen molar-refractivity contribution in [3.63, 3.8) is 0 Å². The zero-order valence-corrected chi connectivity index (χ0v) is 15.5. The summed E-state index contributed by atoms with van der Waals surface area (Å²) >= 11 is 2.20. The van der Waals surface area contributed by atoms with Gasteiger partial charge in [-0.05, 0) is 53.6 Å². The molecule has 7 heteroatoms. The van der Waals surface area contributed by atoms with Crippen LogP contribution in [0.25, 0.3) is 0 Å². The Morgan fingerprint density at radius 1 is 1.21 bits per heavy atom. The highest BCUT2D eigenvalue weighted by Gasteiger charge is 2.13. The highest BCUT2D eigenvalue weighted by atomic mass is 127. The fourth-order valence-corrected chi connectivity index (χ4v) is 3.23. The lowest BCUT2D eigenvalue weighted by atomic mass is 10.2. The maximum atomic E-state index is 12.1. The van der Waals surface area contributed by atoms with Crippen molar-refractivity contribution in [1.29, 1.82) is 0 Å². The number of halogens is 1. The van der Waals surface area contributed by atoms with Crippen molar-refractivity contribution < 1.29 is 4.79 Å². The van der Waals surface area contributed by atoms with Crippen LogP contribution < -0.4 is 15.5 Å². The van der Waals surface area contributed by atoms with Gasteiger partial charge in [0.2, 0.25) is 0 Å². The lowest BCUT2D eigenvalue weighted by molar-refractivity contribution is 0.0955. The van der Waals surface area contributed by atoms with E-state index in [2.05, 4.69) is 48.3 Å². The molecular formula is C17H20IN5O. The van der Waals surface area contributed by atoms with Gasteiger partial charge in [-0.25, -0.2) is 0 Å². The SMILES string of the molecule is O=C(NCCNc1cc(N2CCCC2)cnn1)c1cccc(I)c1. The number of carbonyl (C=O) groups excluding carboxylic acids is 1. The van der Waals surface area contributed by atoms with Crippen molar-refractivity contribution in [2.75, 3.05) is 36.4 Å². The Hall–Kier alpha value is -1.90. The quantitative estimate of drug-likeness (QED) is 0.537. The lowest BCUT2D eigenvalue weighted by Crippen LogP contribution is -2.29. The Morgan fingerprint density at radius 3 is 2.83 bits per heavy atom. The van der Waals surface area contributed by atoms with E-state index >= 15 is 0 Å². The van der Waals surface area contributed by atoms with Gasteiger partial charge in [-0.2, -0.15) is 5.10 Å². The molecule has 0 spiro atoms. The van der Waals surface area contributed by atoms with Crippen LogP contribution in [0.4, 0.5) is 11.5 Å². The standard InChI is InChI=1S/C17H20IN5O/c18-14-5-3-4-13(10-14)17(24)20-7-6-19-16-11-15(12-21-22-16)23-8-1-2-9-23/h3-5,10-12H,1-2,6-9H2,(H,19,22)(H,20,24). The number of nitrogens with one attached hydrogen (secondary N) is 2. The monoisotopic (exact) mass is 437 g/mol. The second kappa shape index (κ2) is 8.27. The number of amides is 1. The molecular weight excluding hydrogens is 417 g/mol. The Balaban J connectivity index is 1.46. The molecule has 6 nitrogen and oxygen atoms in total. The van der Waals surface area contributed by atoms with Gasteiger partial charge >= 0.3 is 0 Å². The van der Waals surface area contributed by atoms with Crippen LogP contribution >= 0.6 is 22.6 Å². The highest BCUT2D eigenvalue weighted by Crippen LogP contribution is 2.20. The topological polar surface area (TPSA) is 70.2 Å². The molecule has 3 rings (SSSR count). The Morgan fingerprint density at radius 2 is 2.04 bits per heavy atom. The van der Waals surface area contributed by atoms with Crippen molar-refractivity contribution in [2.24, 2.45) is 0 Å². The number of carbonyl (C=O) groups is 1. The maximum absolute atomic E-state index is 12.1. The van der Waals surface area contributed by atoms with Crippen LogP contribution in [0, 0.1) is 3.57 Å². The Labute approximate surface area is 155 Å². The number of nitrogens with zero attached hydrogens (tertiary/aromatic N) is 3. The van der Waals surface area contributed by atoms with Crippen LogP contribution in [0.3, 0.4) is 0 Å². The first kappa shape index (κ1) is 16.9. The molecule has 2 N–H and O–H groups in total. The van der Waals surface area contributed by atoms with Crippen molar-refractivity contribution in [3.05, 3.63) is 45.7 Å². The van der Waals surface area contributed by atoms with Gasteiger partial charge in [-0.3, -0.25) is 4.79 Å². The first-order valence-electron chi connectivity index (χ1n) is 8.08. The number of anilines is 2. The number of rotatable bonds is 6. The molecule has 1 aromatic heterocycles. The zero-order chi connectivity index (χ0) is 16.8. The zero-order valence-electron chi connectivity index (χ0n) is 13.3. The molecule has 1 fully saturated rings. The molecule has 126 valence electrons. The molecule has 1 aliphatic rings. The third-order valence-corrected chi connectivity index (χ3v) is 4.59. The van der Waals surface area contributed by atoms with Gasteiger partial charge < -0.3 is 15.5 Å². The first-order valence-corrected chi connectivity index (χ1v) is 9.15. The molecule has 0 atom stereocenters. The van der Waals surface area contributed by atoms with Crippen LogP contribution in [-0.2, 0) is 0 Å². The summed E-state index contributed by atoms with van der Waals surface area (Å²) in [6.07, 6.45) is 4.26. The minimum Gasteiger partial charge on any atom is -0.370 e. The summed E-state index contributed by atoms with van der Waals surface area (Å²) in [6.45, 7) is 3.29. The Bertz CT molecular complexity index is 703. The van der Waals surface area contributed by atoms with E-state index in [0.29, 0.717) is 18.7 Å². The lowest BCUT2D eigenvalue weighted by Gasteiger charge is -2.17. The number of hydrogen-bond acceptors (Lipinski definition) is 5. The number of hydrogen-bond donors (Lipinski definition) is 2. The molecule has 0 saturated carbocycles. The predicted molar refractivity (Wildman–Crippen MR) is 103 cm³/mol. The van der Waals surface area contributed by atoms with Crippen molar-refractivity contribution in [3.8, 4) is 0 Å². The minimum absolute atomic E-state index is 0.0628. The highest BCUT2D eigenvalue weighted by molar-refractivity contribution is 14.1. The third-order valence-electron chi connectivity index (χ3n) is 3.91. The van der Waals surface area contributed by atoms with Crippen LogP contribution in [0.1, 0.15) is 23.2 Å². The predicted octanol–water partition coefficient (Wildman–Crippen LogP) is 2.52. The van der Waals surface area contributed by atoms with E-state index in [9.17, 15) is 4.79 Å². The second-order valence-electron chi connectivity index (χ2n) is 5.69. The van der Waals surface area contributed by atoms with E-state index in [0.717, 1.165) is 28.2 Å². The van der Waals surface area contributed by atoms with E-state index in [-0.39, 0.29) is 5.91 Å². The van der Waals surface area contributed by atoms with Gasteiger partial charge in [0.15, 0.2) is 5.82 Å². The average molecular weight is 437 g/mol. The summed E-state index contributed by atoms with van der Waals surface area (Å²) in [5.41, 5.74) is 1.78. The summed E-state index contributed by atoms with van der Waals surface area (Å²) in [5.74, 6) is 0.676. The van der Waals surface area contributed by atoms with E-state index in [4.69, 9.17) is 0 Å². The molecule has 0 radical (unpaired) electrons. The molecule has 0 unspecified atom stereocenters. The van der Waals surface area contributed by atoms with Gasteiger partial charge in [0.25, 0.3) is 5.91 Å². The maximum Gasteiger partial charge on any atom is 0.251 e. The van der Waals surface area contributed by atoms with E-state index < -0.39 is 0 Å². The molecule has 1 aromatic carbocycles. The van der Waals surface area contributed by atoms with Gasteiger partial charge in [0, 0.05) is 41.4 Å². The molecule has 1 aliphatic heterocycles. The summed E-state index contributed by atoms with van der Waals surface area (Å²) < 4.78 is 1.05. The van der Waals surface area contributed by atoms with Gasteiger partial charge in [-0.15, -0.1) is 5.10 Å². The van der Waals surface area contributed by atoms with Crippen LogP contribution in [0.2, 0.25) is 0 Å². The molecule has 2 heterocycles. The van der Waals surface area contributed by atoms with E-state index in [1.54, 1.807) is 6.20 Å². The van der Waals surface area contributed by atoms with Gasteiger partial charge in [0.05, 0.1) is 11.9 Å². The van der Waals surface area contributed by atoms with Gasteiger partial charge in [0.1, 0.15) is 0 Å². The largest absolute Gasteiger partial charge is 0.370 e. The molecule has 24 heavy (non-hydrogen) atoms. The van der Waals surface area contributed by atoms with E-state index in [1.165, 1.54) is 12.8 Å². The molecule has 1 saturated heterocycles.